The van der Waals surface area contributed by atoms with Gasteiger partial charge in [-0.2, -0.15) is 4.98 Å². The van der Waals surface area contributed by atoms with Crippen LogP contribution in [0.1, 0.15) is 52.4 Å². The number of amides is 1. The van der Waals surface area contributed by atoms with E-state index in [0.29, 0.717) is 5.16 Å². The molecule has 1 aromatic rings. The summed E-state index contributed by atoms with van der Waals surface area (Å²) >= 11 is 1.35. The first kappa shape index (κ1) is 19.1. The van der Waals surface area contributed by atoms with Crippen LogP contribution >= 0.6 is 11.8 Å². The average molecular weight is 356 g/mol. The van der Waals surface area contributed by atoms with Gasteiger partial charge in [-0.05, 0) is 38.0 Å². The Labute approximate surface area is 147 Å². The Morgan fingerprint density at radius 1 is 1.46 bits per heavy atom. The second-order valence-electron chi connectivity index (χ2n) is 6.39. The van der Waals surface area contributed by atoms with Crippen molar-refractivity contribution in [2.45, 2.75) is 62.8 Å². The van der Waals surface area contributed by atoms with Gasteiger partial charge in [0.15, 0.2) is 0 Å². The number of nitrogens with one attached hydrogen (secondary N) is 2. The molecule has 136 valence electrons. The molecule has 4 N–H and O–H groups in total. The van der Waals surface area contributed by atoms with E-state index in [9.17, 15) is 4.79 Å². The lowest BCUT2D eigenvalue weighted by Crippen LogP contribution is -2.40. The van der Waals surface area contributed by atoms with Crippen LogP contribution in [0.3, 0.4) is 0 Å². The van der Waals surface area contributed by atoms with Crippen molar-refractivity contribution in [1.82, 2.24) is 20.5 Å². The number of nitrogens with zero attached hydrogens (tertiary/aromatic N) is 2. The van der Waals surface area contributed by atoms with Gasteiger partial charge in [0.1, 0.15) is 0 Å². The molecular weight excluding hydrogens is 326 g/mol. The SMILES string of the molecule is CCOCCC1(CNC(=O)C(CC)Sc2n[nH]c(N)n2)CCCC1. The van der Waals surface area contributed by atoms with Crippen LogP contribution in [0.5, 0.6) is 0 Å². The first-order valence-electron chi connectivity index (χ1n) is 8.78. The Hall–Kier alpha value is -1.28. The number of carbonyl (C=O) groups is 1. The van der Waals surface area contributed by atoms with E-state index in [1.165, 1.54) is 37.4 Å². The number of nitrogens with two attached hydrogens (primary N) is 1. The number of carbonyl (C=O) groups excluding carboxylic acids is 1. The van der Waals surface area contributed by atoms with E-state index in [-0.39, 0.29) is 22.5 Å². The Morgan fingerprint density at radius 2 is 2.21 bits per heavy atom. The fourth-order valence-corrected chi connectivity index (χ4v) is 4.08. The maximum absolute atomic E-state index is 12.6. The molecule has 1 heterocycles. The van der Waals surface area contributed by atoms with Gasteiger partial charge in [0, 0.05) is 19.8 Å². The highest BCUT2D eigenvalue weighted by atomic mass is 32.2. The fraction of sp³-hybridized carbons (Fsp3) is 0.812. The summed E-state index contributed by atoms with van der Waals surface area (Å²) in [7, 11) is 0. The van der Waals surface area contributed by atoms with Crippen molar-refractivity contribution in [2.75, 3.05) is 25.5 Å². The summed E-state index contributed by atoms with van der Waals surface area (Å²) in [5, 5.41) is 10.1. The van der Waals surface area contributed by atoms with Crippen molar-refractivity contribution in [3.63, 3.8) is 0 Å². The molecule has 2 rings (SSSR count). The van der Waals surface area contributed by atoms with E-state index >= 15 is 0 Å². The number of H-pyrrole nitrogens is 1. The van der Waals surface area contributed by atoms with Gasteiger partial charge < -0.3 is 15.8 Å². The van der Waals surface area contributed by atoms with Crippen LogP contribution in [-0.2, 0) is 9.53 Å². The van der Waals surface area contributed by atoms with Crippen molar-refractivity contribution >= 4 is 23.6 Å². The third-order valence-corrected chi connectivity index (χ3v) is 5.90. The van der Waals surface area contributed by atoms with Crippen molar-refractivity contribution < 1.29 is 9.53 Å². The Balaban J connectivity index is 1.86. The standard InChI is InChI=1S/C16H29N5O2S/c1-3-12(24-15-19-14(17)20-21-15)13(22)18-11-16(7-5-6-8-16)9-10-23-4-2/h12H,3-11H2,1-2H3,(H,18,22)(H3,17,19,20,21). The molecule has 0 bridgehead atoms. The number of nitrogen functional groups attached to an aromatic ring is 1. The molecule has 0 radical (unpaired) electrons. The van der Waals surface area contributed by atoms with Gasteiger partial charge in [-0.25, -0.2) is 5.10 Å². The van der Waals surface area contributed by atoms with E-state index in [2.05, 4.69) is 20.5 Å². The van der Waals surface area contributed by atoms with Gasteiger partial charge in [0.2, 0.25) is 17.0 Å². The number of aromatic amines is 1. The van der Waals surface area contributed by atoms with E-state index in [1.54, 1.807) is 0 Å². The molecule has 8 heteroatoms. The minimum absolute atomic E-state index is 0.0496. The smallest absolute Gasteiger partial charge is 0.233 e. The number of thioether (sulfide) groups is 1. The van der Waals surface area contributed by atoms with Crippen LogP contribution in [0.2, 0.25) is 0 Å². The number of hydrogen-bond donors (Lipinski definition) is 3. The van der Waals surface area contributed by atoms with Gasteiger partial charge in [0.05, 0.1) is 5.25 Å². The molecular formula is C16H29N5O2S. The molecule has 1 saturated carbocycles. The summed E-state index contributed by atoms with van der Waals surface area (Å²) in [5.41, 5.74) is 5.73. The molecule has 0 spiro atoms. The molecule has 1 aromatic heterocycles. The highest BCUT2D eigenvalue weighted by molar-refractivity contribution is 8.00. The highest BCUT2D eigenvalue weighted by Gasteiger charge is 2.34. The van der Waals surface area contributed by atoms with E-state index in [0.717, 1.165) is 32.6 Å². The van der Waals surface area contributed by atoms with Crippen LogP contribution in [0.15, 0.2) is 5.16 Å². The first-order valence-corrected chi connectivity index (χ1v) is 9.66. The van der Waals surface area contributed by atoms with Gasteiger partial charge in [-0.15, -0.1) is 5.10 Å². The monoisotopic (exact) mass is 355 g/mol. The number of aromatic nitrogens is 3. The van der Waals surface area contributed by atoms with Crippen LogP contribution < -0.4 is 11.1 Å². The maximum Gasteiger partial charge on any atom is 0.233 e. The lowest BCUT2D eigenvalue weighted by Gasteiger charge is -2.30. The molecule has 1 amide bonds. The van der Waals surface area contributed by atoms with Gasteiger partial charge >= 0.3 is 0 Å². The lowest BCUT2D eigenvalue weighted by atomic mass is 9.83. The van der Waals surface area contributed by atoms with Gasteiger partial charge in [-0.1, -0.05) is 31.5 Å². The maximum atomic E-state index is 12.6. The molecule has 1 fully saturated rings. The third kappa shape index (κ3) is 5.37. The van der Waals surface area contributed by atoms with Crippen LogP contribution in [0, 0.1) is 5.41 Å². The van der Waals surface area contributed by atoms with Crippen LogP contribution in [-0.4, -0.2) is 46.1 Å². The van der Waals surface area contributed by atoms with E-state index in [1.807, 2.05) is 13.8 Å². The minimum atomic E-state index is -0.203. The van der Waals surface area contributed by atoms with Crippen molar-refractivity contribution in [1.29, 1.82) is 0 Å². The molecule has 1 unspecified atom stereocenters. The second kappa shape index (κ2) is 9.27. The summed E-state index contributed by atoms with van der Waals surface area (Å²) in [6.45, 7) is 6.26. The highest BCUT2D eigenvalue weighted by Crippen LogP contribution is 2.40. The number of rotatable bonds is 10. The summed E-state index contributed by atoms with van der Waals surface area (Å²) in [5.74, 6) is 0.321. The topological polar surface area (TPSA) is 106 Å². The molecule has 0 aliphatic heterocycles. The summed E-state index contributed by atoms with van der Waals surface area (Å²) in [6, 6.07) is 0. The normalized spacial score (nSPS) is 17.8. The van der Waals surface area contributed by atoms with E-state index < -0.39 is 0 Å². The first-order chi connectivity index (χ1) is 11.6. The van der Waals surface area contributed by atoms with Crippen molar-refractivity contribution in [3.8, 4) is 0 Å². The zero-order chi connectivity index (χ0) is 17.4. The summed E-state index contributed by atoms with van der Waals surface area (Å²) in [6.07, 6.45) is 6.55. The molecule has 1 aliphatic rings. The second-order valence-corrected chi connectivity index (χ2v) is 7.56. The number of anilines is 1. The van der Waals surface area contributed by atoms with Crippen LogP contribution in [0.25, 0.3) is 0 Å². The van der Waals surface area contributed by atoms with Gasteiger partial charge in [0.25, 0.3) is 0 Å². The quantitative estimate of drug-likeness (QED) is 0.439. The largest absolute Gasteiger partial charge is 0.382 e. The summed E-state index contributed by atoms with van der Waals surface area (Å²) in [4.78, 5) is 16.6. The van der Waals surface area contributed by atoms with Gasteiger partial charge in [-0.3, -0.25) is 4.79 Å². The minimum Gasteiger partial charge on any atom is -0.382 e. The predicted molar refractivity (Wildman–Crippen MR) is 95.8 cm³/mol. The summed E-state index contributed by atoms with van der Waals surface area (Å²) < 4.78 is 5.53. The number of ether oxygens (including phenoxy) is 1. The molecule has 7 nitrogen and oxygen atoms in total. The zero-order valence-corrected chi connectivity index (χ0v) is 15.5. The van der Waals surface area contributed by atoms with Crippen molar-refractivity contribution in [3.05, 3.63) is 0 Å². The molecule has 24 heavy (non-hydrogen) atoms. The van der Waals surface area contributed by atoms with E-state index in [4.69, 9.17) is 10.5 Å². The fourth-order valence-electron chi connectivity index (χ4n) is 3.22. The molecule has 1 atom stereocenters. The predicted octanol–water partition coefficient (Wildman–Crippen LogP) is 2.36. The Morgan fingerprint density at radius 3 is 2.79 bits per heavy atom. The Kier molecular flexibility index (Phi) is 7.36. The van der Waals surface area contributed by atoms with Crippen LogP contribution in [0.4, 0.5) is 5.95 Å². The van der Waals surface area contributed by atoms with Crippen molar-refractivity contribution in [2.24, 2.45) is 5.41 Å². The Bertz CT molecular complexity index is 516. The molecule has 0 saturated heterocycles. The zero-order valence-electron chi connectivity index (χ0n) is 14.6. The lowest BCUT2D eigenvalue weighted by molar-refractivity contribution is -0.121. The average Bonchev–Trinajstić information content (AvgIpc) is 3.20. The molecule has 1 aliphatic carbocycles. The number of hydrogen-bond acceptors (Lipinski definition) is 6. The molecule has 0 aromatic carbocycles. The third-order valence-electron chi connectivity index (χ3n) is 4.68.